The van der Waals surface area contributed by atoms with Gasteiger partial charge >= 0.3 is 18.2 Å². The average Bonchev–Trinajstić information content (AvgIpc) is 3.32. The highest BCUT2D eigenvalue weighted by Crippen LogP contribution is 2.35. The van der Waals surface area contributed by atoms with Gasteiger partial charge in [-0.2, -0.15) is 13.2 Å². The number of carboxylic acid groups (broad SMARTS) is 1. The van der Waals surface area contributed by atoms with E-state index in [0.717, 1.165) is 17.1 Å². The van der Waals surface area contributed by atoms with Crippen LogP contribution in [0.15, 0.2) is 29.4 Å². The van der Waals surface area contributed by atoms with E-state index in [0.29, 0.717) is 38.3 Å². The van der Waals surface area contributed by atoms with E-state index in [2.05, 4.69) is 10.3 Å². The van der Waals surface area contributed by atoms with Crippen LogP contribution in [0, 0.1) is 11.8 Å². The maximum absolute atomic E-state index is 13.0. The zero-order chi connectivity index (χ0) is 22.5. The second-order valence-electron chi connectivity index (χ2n) is 8.03. The van der Waals surface area contributed by atoms with Crippen molar-refractivity contribution in [1.29, 1.82) is 0 Å². The van der Waals surface area contributed by atoms with Gasteiger partial charge < -0.3 is 10.0 Å². The number of hydrazine groups is 1. The van der Waals surface area contributed by atoms with Crippen LogP contribution >= 0.6 is 23.2 Å². The number of likely N-dealkylation sites (tertiary alicyclic amines) is 2. The molecule has 3 unspecified atom stereocenters. The molecule has 2 saturated heterocycles. The van der Waals surface area contributed by atoms with Crippen molar-refractivity contribution in [3.63, 3.8) is 0 Å². The Hall–Kier alpha value is -2.01. The Labute approximate surface area is 185 Å². The van der Waals surface area contributed by atoms with Gasteiger partial charge in [-0.05, 0) is 35.6 Å². The molecule has 2 N–H and O–H groups in total. The summed E-state index contributed by atoms with van der Waals surface area (Å²) in [7, 11) is 0. The first-order valence-electron chi connectivity index (χ1n) is 9.54. The first kappa shape index (κ1) is 22.2. The van der Waals surface area contributed by atoms with Crippen molar-refractivity contribution in [1.82, 2.24) is 20.2 Å². The van der Waals surface area contributed by atoms with Crippen LogP contribution in [0.5, 0.6) is 0 Å². The lowest BCUT2D eigenvalue weighted by Gasteiger charge is -2.25. The molecule has 31 heavy (non-hydrogen) atoms. The summed E-state index contributed by atoms with van der Waals surface area (Å²) in [6.45, 7) is 2.58. The van der Waals surface area contributed by atoms with E-state index in [9.17, 15) is 22.8 Å². The minimum Gasteiger partial charge on any atom is -0.480 e. The predicted molar refractivity (Wildman–Crippen MR) is 106 cm³/mol. The number of amides is 2. The van der Waals surface area contributed by atoms with Gasteiger partial charge in [-0.1, -0.05) is 23.2 Å². The number of hydrogen-bond donors (Lipinski definition) is 2. The minimum atomic E-state index is -4.46. The van der Waals surface area contributed by atoms with Crippen molar-refractivity contribution in [2.24, 2.45) is 11.8 Å². The van der Waals surface area contributed by atoms with Gasteiger partial charge in [0, 0.05) is 43.9 Å². The van der Waals surface area contributed by atoms with Gasteiger partial charge in [-0.3, -0.25) is 9.69 Å². The Bertz CT molecular complexity index is 928. The van der Waals surface area contributed by atoms with E-state index in [1.165, 1.54) is 12.3 Å². The summed E-state index contributed by atoms with van der Waals surface area (Å²) in [5.74, 6) is -0.815. The monoisotopic (exact) mass is 478 g/mol. The van der Waals surface area contributed by atoms with E-state index in [4.69, 9.17) is 28.3 Å². The Morgan fingerprint density at radius 2 is 1.74 bits per heavy atom. The maximum atomic E-state index is 13.0. The molecule has 1 aromatic carbocycles. The lowest BCUT2D eigenvalue weighted by atomic mass is 10.0. The standard InChI is InChI=1S/C19H19Cl2F3N4O3/c20-14-2-10(1-13(3-14)19(22,23)24)4-26-5-11-7-27(8-12(11)6-26)18(31)28-9-15(21)16(25-28)17(29)30/h1-3,9,11-12,16,25H,4-8H2,(H,29,30). The van der Waals surface area contributed by atoms with Gasteiger partial charge in [0.25, 0.3) is 0 Å². The molecule has 0 spiro atoms. The molecule has 2 fully saturated rings. The molecule has 2 amide bonds. The molecule has 0 bridgehead atoms. The summed E-state index contributed by atoms with van der Waals surface area (Å²) in [4.78, 5) is 27.5. The number of urea groups is 1. The van der Waals surface area contributed by atoms with E-state index in [1.807, 2.05) is 0 Å². The van der Waals surface area contributed by atoms with Gasteiger partial charge in [0.1, 0.15) is 0 Å². The molecular formula is C19H19Cl2F3N4O3. The lowest BCUT2D eigenvalue weighted by molar-refractivity contribution is -0.139. The topological polar surface area (TPSA) is 76.1 Å². The van der Waals surface area contributed by atoms with Crippen molar-refractivity contribution < 1.29 is 27.9 Å². The Morgan fingerprint density at radius 1 is 1.10 bits per heavy atom. The number of hydrogen-bond acceptors (Lipinski definition) is 4. The largest absolute Gasteiger partial charge is 0.480 e. The number of halogens is 5. The number of carboxylic acids is 1. The minimum absolute atomic E-state index is 0.0196. The second kappa shape index (κ2) is 8.16. The van der Waals surface area contributed by atoms with E-state index >= 15 is 0 Å². The highest BCUT2D eigenvalue weighted by atomic mass is 35.5. The van der Waals surface area contributed by atoms with Gasteiger partial charge in [0.05, 0.1) is 10.6 Å². The molecule has 1 aromatic rings. The molecular weight excluding hydrogens is 460 g/mol. The van der Waals surface area contributed by atoms with Crippen LogP contribution in [-0.4, -0.2) is 64.1 Å². The first-order valence-corrected chi connectivity index (χ1v) is 10.3. The quantitative estimate of drug-likeness (QED) is 0.697. The fourth-order valence-corrected chi connectivity index (χ4v) is 4.91. The Balaban J connectivity index is 1.35. The van der Waals surface area contributed by atoms with Crippen LogP contribution in [0.4, 0.5) is 18.0 Å². The summed E-state index contributed by atoms with van der Waals surface area (Å²) in [5, 5.41) is 10.2. The number of fused-ring (bicyclic) bond motifs is 1. The summed E-state index contributed by atoms with van der Waals surface area (Å²) < 4.78 is 39.1. The van der Waals surface area contributed by atoms with Crippen molar-refractivity contribution >= 4 is 35.2 Å². The molecule has 3 heterocycles. The predicted octanol–water partition coefficient (Wildman–Crippen LogP) is 3.20. The lowest BCUT2D eigenvalue weighted by Crippen LogP contribution is -2.49. The molecule has 168 valence electrons. The third kappa shape index (κ3) is 4.62. The SMILES string of the molecule is O=C(O)C1NN(C(=O)N2CC3CN(Cc4cc(Cl)cc(C(F)(F)F)c4)CC3C2)C=C1Cl. The highest BCUT2D eigenvalue weighted by Gasteiger charge is 2.44. The fourth-order valence-electron chi connectivity index (χ4n) is 4.41. The average molecular weight is 479 g/mol. The molecule has 0 aliphatic carbocycles. The molecule has 4 rings (SSSR count). The molecule has 0 radical (unpaired) electrons. The number of aliphatic carboxylic acids is 1. The Morgan fingerprint density at radius 3 is 2.29 bits per heavy atom. The summed E-state index contributed by atoms with van der Waals surface area (Å²) >= 11 is 11.7. The zero-order valence-corrected chi connectivity index (χ0v) is 17.6. The fraction of sp³-hybridized carbons (Fsp3) is 0.474. The molecule has 0 saturated carbocycles. The van der Waals surface area contributed by atoms with Crippen molar-refractivity contribution in [2.75, 3.05) is 26.2 Å². The number of benzene rings is 1. The van der Waals surface area contributed by atoms with Crippen LogP contribution < -0.4 is 5.43 Å². The highest BCUT2D eigenvalue weighted by molar-refractivity contribution is 6.32. The summed E-state index contributed by atoms with van der Waals surface area (Å²) in [5.41, 5.74) is 2.28. The number of nitrogens with one attached hydrogen (secondary N) is 1. The van der Waals surface area contributed by atoms with Gasteiger partial charge in [0.2, 0.25) is 0 Å². The van der Waals surface area contributed by atoms with E-state index < -0.39 is 23.8 Å². The van der Waals surface area contributed by atoms with Crippen LogP contribution in [0.1, 0.15) is 11.1 Å². The maximum Gasteiger partial charge on any atom is 0.416 e. The molecule has 0 aromatic heterocycles. The third-order valence-corrected chi connectivity index (χ3v) is 6.31. The van der Waals surface area contributed by atoms with Gasteiger partial charge in [-0.25, -0.2) is 15.2 Å². The van der Waals surface area contributed by atoms with Crippen molar-refractivity contribution in [3.8, 4) is 0 Å². The molecule has 3 aliphatic rings. The molecule has 7 nitrogen and oxygen atoms in total. The second-order valence-corrected chi connectivity index (χ2v) is 8.90. The molecule has 3 atom stereocenters. The number of alkyl halides is 3. The number of rotatable bonds is 3. The Kier molecular flexibility index (Phi) is 5.84. The summed E-state index contributed by atoms with van der Waals surface area (Å²) in [6.07, 6.45) is -3.19. The smallest absolute Gasteiger partial charge is 0.416 e. The van der Waals surface area contributed by atoms with E-state index in [1.54, 1.807) is 4.90 Å². The number of carbonyl (C=O) groups is 2. The third-order valence-electron chi connectivity index (χ3n) is 5.77. The molecule has 12 heteroatoms. The van der Waals surface area contributed by atoms with Crippen LogP contribution in [0.2, 0.25) is 5.02 Å². The number of nitrogens with zero attached hydrogens (tertiary/aromatic N) is 3. The normalized spacial score (nSPS) is 26.4. The van der Waals surface area contributed by atoms with Gasteiger partial charge in [0.15, 0.2) is 6.04 Å². The van der Waals surface area contributed by atoms with Gasteiger partial charge in [-0.15, -0.1) is 0 Å². The first-order chi connectivity index (χ1) is 14.5. The van der Waals surface area contributed by atoms with Crippen LogP contribution in [0.3, 0.4) is 0 Å². The number of carbonyl (C=O) groups excluding carboxylic acids is 1. The van der Waals surface area contributed by atoms with Crippen LogP contribution in [0.25, 0.3) is 0 Å². The molecule has 3 aliphatic heterocycles. The van der Waals surface area contributed by atoms with Crippen molar-refractivity contribution in [2.45, 2.75) is 18.8 Å². The van der Waals surface area contributed by atoms with E-state index in [-0.39, 0.29) is 27.9 Å². The zero-order valence-electron chi connectivity index (χ0n) is 16.1. The van der Waals surface area contributed by atoms with Crippen molar-refractivity contribution in [3.05, 3.63) is 45.6 Å². The summed E-state index contributed by atoms with van der Waals surface area (Å²) in [6, 6.07) is 2.03. The van der Waals surface area contributed by atoms with Crippen LogP contribution in [-0.2, 0) is 17.5 Å².